The molecule has 1 N–H and O–H groups in total. The van der Waals surface area contributed by atoms with Crippen LogP contribution in [0.5, 0.6) is 0 Å². The van der Waals surface area contributed by atoms with Crippen molar-refractivity contribution in [2.24, 2.45) is 0 Å². The molecule has 1 saturated heterocycles. The molecule has 1 aliphatic heterocycles. The molecule has 6 nitrogen and oxygen atoms in total. The molecule has 0 aliphatic carbocycles. The average Bonchev–Trinajstić information content (AvgIpc) is 3.16. The molecule has 0 bridgehead atoms. The summed E-state index contributed by atoms with van der Waals surface area (Å²) < 4.78 is 26.9. The number of carbonyl (C=O) groups is 1. The lowest BCUT2D eigenvalue weighted by atomic mass is 10.1. The molecule has 132 valence electrons. The number of nitrogens with one attached hydrogen (secondary N) is 1. The van der Waals surface area contributed by atoms with Crippen molar-refractivity contribution < 1.29 is 13.2 Å². The normalized spacial score (nSPS) is 15.2. The lowest BCUT2D eigenvalue weighted by molar-refractivity contribution is 0.0950. The van der Waals surface area contributed by atoms with E-state index in [1.165, 1.54) is 10.4 Å². The van der Waals surface area contributed by atoms with Crippen LogP contribution in [0.25, 0.3) is 0 Å². The molecule has 0 unspecified atom stereocenters. The molecule has 2 heterocycles. The summed E-state index contributed by atoms with van der Waals surface area (Å²) >= 11 is 0. The van der Waals surface area contributed by atoms with Gasteiger partial charge in [-0.2, -0.15) is 4.31 Å². The maximum Gasteiger partial charge on any atom is 0.251 e. The number of carbonyl (C=O) groups excluding carboxylic acids is 1. The topological polar surface area (TPSA) is 79.4 Å². The van der Waals surface area contributed by atoms with E-state index >= 15 is 0 Å². The number of aryl methyl sites for hydroxylation is 1. The summed E-state index contributed by atoms with van der Waals surface area (Å²) in [6.07, 6.45) is 5.11. The number of benzene rings is 1. The zero-order chi connectivity index (χ0) is 17.9. The van der Waals surface area contributed by atoms with Crippen molar-refractivity contribution >= 4 is 15.9 Å². The van der Waals surface area contributed by atoms with Crippen molar-refractivity contribution in [1.29, 1.82) is 0 Å². The molecule has 0 spiro atoms. The summed E-state index contributed by atoms with van der Waals surface area (Å²) in [4.78, 5) is 16.7. The fraction of sp³-hybridized carbons (Fsp3) is 0.333. The summed E-state index contributed by atoms with van der Waals surface area (Å²) in [5, 5.41) is 2.82. The first kappa shape index (κ1) is 17.6. The van der Waals surface area contributed by atoms with Crippen molar-refractivity contribution in [2.75, 3.05) is 13.1 Å². The number of pyridine rings is 1. The molecule has 2 aromatic rings. The first-order valence-corrected chi connectivity index (χ1v) is 9.70. The van der Waals surface area contributed by atoms with E-state index in [1.807, 2.05) is 6.07 Å². The number of sulfonamides is 1. The van der Waals surface area contributed by atoms with Crippen LogP contribution in [0.1, 0.15) is 34.3 Å². The fourth-order valence-electron chi connectivity index (χ4n) is 2.86. The Morgan fingerprint density at radius 2 is 2.00 bits per heavy atom. The van der Waals surface area contributed by atoms with Crippen LogP contribution in [-0.2, 0) is 16.6 Å². The van der Waals surface area contributed by atoms with Gasteiger partial charge in [0.05, 0.1) is 4.90 Å². The highest BCUT2D eigenvalue weighted by Crippen LogP contribution is 2.23. The molecular formula is C18H21N3O3S. The molecule has 0 atom stereocenters. The molecule has 1 aromatic carbocycles. The summed E-state index contributed by atoms with van der Waals surface area (Å²) in [6.45, 7) is 3.22. The van der Waals surface area contributed by atoms with Gasteiger partial charge in [-0.15, -0.1) is 0 Å². The van der Waals surface area contributed by atoms with Crippen LogP contribution in [0.2, 0.25) is 0 Å². The number of hydrogen-bond donors (Lipinski definition) is 1. The van der Waals surface area contributed by atoms with E-state index in [0.29, 0.717) is 25.2 Å². The molecule has 7 heteroatoms. The van der Waals surface area contributed by atoms with Gasteiger partial charge in [0.2, 0.25) is 10.0 Å². The van der Waals surface area contributed by atoms with E-state index in [9.17, 15) is 13.2 Å². The minimum absolute atomic E-state index is 0.173. The van der Waals surface area contributed by atoms with Crippen LogP contribution in [0, 0.1) is 6.92 Å². The van der Waals surface area contributed by atoms with Crippen LogP contribution in [0.15, 0.2) is 47.6 Å². The van der Waals surface area contributed by atoms with E-state index in [2.05, 4.69) is 10.3 Å². The molecule has 25 heavy (non-hydrogen) atoms. The van der Waals surface area contributed by atoms with Gasteiger partial charge in [0, 0.05) is 37.6 Å². The van der Waals surface area contributed by atoms with Gasteiger partial charge in [0.15, 0.2) is 0 Å². The maximum atomic E-state index is 12.7. The highest BCUT2D eigenvalue weighted by atomic mass is 32.2. The third-order valence-corrected chi connectivity index (χ3v) is 6.23. The Bertz CT molecular complexity index is 860. The summed E-state index contributed by atoms with van der Waals surface area (Å²) in [6, 6.07) is 8.40. The van der Waals surface area contributed by atoms with E-state index in [4.69, 9.17) is 0 Å². The Hall–Kier alpha value is -2.25. The highest BCUT2D eigenvalue weighted by Gasteiger charge is 2.28. The zero-order valence-corrected chi connectivity index (χ0v) is 14.9. The second kappa shape index (κ2) is 7.33. The molecule has 0 saturated carbocycles. The van der Waals surface area contributed by atoms with Gasteiger partial charge in [0.1, 0.15) is 0 Å². The van der Waals surface area contributed by atoms with Gasteiger partial charge in [0.25, 0.3) is 5.91 Å². The van der Waals surface area contributed by atoms with E-state index in [0.717, 1.165) is 24.0 Å². The number of aromatic nitrogens is 1. The number of amides is 1. The van der Waals surface area contributed by atoms with Crippen LogP contribution in [0.3, 0.4) is 0 Å². The van der Waals surface area contributed by atoms with Crippen molar-refractivity contribution in [3.63, 3.8) is 0 Å². The van der Waals surface area contributed by atoms with Crippen molar-refractivity contribution in [2.45, 2.75) is 31.2 Å². The number of hydrogen-bond acceptors (Lipinski definition) is 4. The summed E-state index contributed by atoms with van der Waals surface area (Å²) in [7, 11) is -3.54. The van der Waals surface area contributed by atoms with Crippen molar-refractivity contribution in [3.05, 3.63) is 59.4 Å². The first-order chi connectivity index (χ1) is 12.0. The van der Waals surface area contributed by atoms with Crippen LogP contribution >= 0.6 is 0 Å². The minimum Gasteiger partial charge on any atom is -0.348 e. The van der Waals surface area contributed by atoms with Crippen LogP contribution < -0.4 is 5.32 Å². The molecular weight excluding hydrogens is 338 g/mol. The predicted molar refractivity (Wildman–Crippen MR) is 94.6 cm³/mol. The SMILES string of the molecule is Cc1ccc(S(=O)(=O)N2CCCC2)cc1C(=O)NCc1cccnc1. The molecule has 1 aliphatic rings. The molecule has 3 rings (SSSR count). The van der Waals surface area contributed by atoms with Gasteiger partial charge in [-0.05, 0) is 49.1 Å². The van der Waals surface area contributed by atoms with E-state index in [1.54, 1.807) is 37.5 Å². The van der Waals surface area contributed by atoms with Gasteiger partial charge in [-0.3, -0.25) is 9.78 Å². The molecule has 1 fully saturated rings. The van der Waals surface area contributed by atoms with E-state index in [-0.39, 0.29) is 10.8 Å². The fourth-order valence-corrected chi connectivity index (χ4v) is 4.41. The van der Waals surface area contributed by atoms with Gasteiger partial charge in [-0.25, -0.2) is 8.42 Å². The Kier molecular flexibility index (Phi) is 5.15. The van der Waals surface area contributed by atoms with Crippen molar-refractivity contribution in [1.82, 2.24) is 14.6 Å². The standard InChI is InChI=1S/C18H21N3O3S/c1-14-6-7-16(25(23,24)21-9-2-3-10-21)11-17(14)18(22)20-13-15-5-4-8-19-12-15/h4-8,11-12H,2-3,9-10,13H2,1H3,(H,20,22). The second-order valence-electron chi connectivity index (χ2n) is 6.13. The van der Waals surface area contributed by atoms with Gasteiger partial charge in [-0.1, -0.05) is 12.1 Å². The minimum atomic E-state index is -3.54. The largest absolute Gasteiger partial charge is 0.348 e. The third-order valence-electron chi connectivity index (χ3n) is 4.33. The Balaban J connectivity index is 1.80. The van der Waals surface area contributed by atoms with Crippen LogP contribution in [-0.4, -0.2) is 36.7 Å². The highest BCUT2D eigenvalue weighted by molar-refractivity contribution is 7.89. The summed E-state index contributed by atoms with van der Waals surface area (Å²) in [5.74, 6) is -0.292. The monoisotopic (exact) mass is 359 g/mol. The third kappa shape index (κ3) is 3.88. The quantitative estimate of drug-likeness (QED) is 0.887. The lowest BCUT2D eigenvalue weighted by Gasteiger charge is -2.17. The smallest absolute Gasteiger partial charge is 0.251 e. The zero-order valence-electron chi connectivity index (χ0n) is 14.1. The molecule has 1 aromatic heterocycles. The van der Waals surface area contributed by atoms with E-state index < -0.39 is 10.0 Å². The van der Waals surface area contributed by atoms with Crippen molar-refractivity contribution in [3.8, 4) is 0 Å². The molecule has 1 amide bonds. The van der Waals surface area contributed by atoms with Crippen LogP contribution in [0.4, 0.5) is 0 Å². The summed E-state index contributed by atoms with van der Waals surface area (Å²) in [5.41, 5.74) is 2.00. The maximum absolute atomic E-state index is 12.7. The Labute approximate surface area is 147 Å². The molecule has 0 radical (unpaired) electrons. The Morgan fingerprint density at radius 3 is 2.68 bits per heavy atom. The lowest BCUT2D eigenvalue weighted by Crippen LogP contribution is -2.29. The second-order valence-corrected chi connectivity index (χ2v) is 8.07. The van der Waals surface area contributed by atoms with Gasteiger partial charge >= 0.3 is 0 Å². The number of rotatable bonds is 5. The average molecular weight is 359 g/mol. The first-order valence-electron chi connectivity index (χ1n) is 8.26. The predicted octanol–water partition coefficient (Wildman–Crippen LogP) is 2.10. The number of nitrogens with zero attached hydrogens (tertiary/aromatic N) is 2. The Morgan fingerprint density at radius 1 is 1.24 bits per heavy atom. The van der Waals surface area contributed by atoms with Gasteiger partial charge < -0.3 is 5.32 Å².